The highest BCUT2D eigenvalue weighted by molar-refractivity contribution is 6.31. The van der Waals surface area contributed by atoms with Crippen LogP contribution in [0.5, 0.6) is 0 Å². The van der Waals surface area contributed by atoms with Gasteiger partial charge < -0.3 is 11.1 Å². The highest BCUT2D eigenvalue weighted by atomic mass is 35.5. The fourth-order valence-electron chi connectivity index (χ4n) is 2.96. The van der Waals surface area contributed by atoms with Crippen LogP contribution in [-0.4, -0.2) is 17.1 Å². The first-order valence-corrected chi connectivity index (χ1v) is 7.68. The van der Waals surface area contributed by atoms with E-state index in [0.717, 1.165) is 29.4 Å². The van der Waals surface area contributed by atoms with Gasteiger partial charge in [-0.15, -0.1) is 0 Å². The lowest BCUT2D eigenvalue weighted by Gasteiger charge is -2.24. The highest BCUT2D eigenvalue weighted by Crippen LogP contribution is 2.27. The van der Waals surface area contributed by atoms with Crippen molar-refractivity contribution in [1.29, 1.82) is 0 Å². The van der Waals surface area contributed by atoms with Crippen molar-refractivity contribution in [1.82, 2.24) is 4.98 Å². The largest absolute Gasteiger partial charge is 0.380 e. The molecule has 0 radical (unpaired) electrons. The van der Waals surface area contributed by atoms with Crippen LogP contribution in [0.1, 0.15) is 32.1 Å². The second kappa shape index (κ2) is 5.98. The molecule has 1 heterocycles. The number of aromatic nitrogens is 1. The van der Waals surface area contributed by atoms with Gasteiger partial charge >= 0.3 is 0 Å². The molecule has 3 rings (SSSR count). The van der Waals surface area contributed by atoms with Crippen LogP contribution < -0.4 is 11.1 Å². The Labute approximate surface area is 124 Å². The Kier molecular flexibility index (Phi) is 4.08. The van der Waals surface area contributed by atoms with Crippen molar-refractivity contribution in [2.75, 3.05) is 5.32 Å². The minimum atomic E-state index is 0.230. The number of hydrogen-bond donors (Lipinski definition) is 2. The summed E-state index contributed by atoms with van der Waals surface area (Å²) in [6, 6.07) is 8.42. The fourth-order valence-corrected chi connectivity index (χ4v) is 3.13. The standard InChI is InChI=1S/C16H20ClN3/c17-11-6-7-12-14(8-9-19-16(12)10-11)20-15-5-3-1-2-4-13(15)18/h6-10,13,15H,1-5,18H2,(H,19,20). The van der Waals surface area contributed by atoms with E-state index in [1.54, 1.807) is 0 Å². The Morgan fingerprint density at radius 2 is 2.00 bits per heavy atom. The third-order valence-electron chi connectivity index (χ3n) is 4.12. The molecule has 2 aromatic rings. The van der Waals surface area contributed by atoms with Crippen molar-refractivity contribution in [2.45, 2.75) is 44.2 Å². The number of nitrogens with zero attached hydrogens (tertiary/aromatic N) is 1. The number of nitrogens with two attached hydrogens (primary N) is 1. The van der Waals surface area contributed by atoms with E-state index in [2.05, 4.69) is 10.3 Å². The fraction of sp³-hybridized carbons (Fsp3) is 0.438. The van der Waals surface area contributed by atoms with Crippen molar-refractivity contribution >= 4 is 28.2 Å². The van der Waals surface area contributed by atoms with Crippen LogP contribution in [0.2, 0.25) is 5.02 Å². The molecule has 1 fully saturated rings. The summed E-state index contributed by atoms with van der Waals surface area (Å²) in [4.78, 5) is 4.38. The molecule has 1 aromatic heterocycles. The Morgan fingerprint density at radius 3 is 2.90 bits per heavy atom. The zero-order valence-electron chi connectivity index (χ0n) is 11.5. The first-order valence-electron chi connectivity index (χ1n) is 7.30. The molecule has 3 nitrogen and oxygen atoms in total. The van der Waals surface area contributed by atoms with E-state index in [9.17, 15) is 0 Å². The second-order valence-corrected chi connectivity index (χ2v) is 6.01. The van der Waals surface area contributed by atoms with Gasteiger partial charge in [0.25, 0.3) is 0 Å². The molecule has 106 valence electrons. The molecule has 3 N–H and O–H groups in total. The highest BCUT2D eigenvalue weighted by Gasteiger charge is 2.20. The molecule has 20 heavy (non-hydrogen) atoms. The molecular formula is C16H20ClN3. The monoisotopic (exact) mass is 289 g/mol. The SMILES string of the molecule is NC1CCCCCC1Nc1ccnc2cc(Cl)ccc12. The third-order valence-corrected chi connectivity index (χ3v) is 4.35. The predicted octanol–water partition coefficient (Wildman–Crippen LogP) is 3.96. The molecule has 1 aliphatic rings. The maximum atomic E-state index is 6.30. The van der Waals surface area contributed by atoms with E-state index in [4.69, 9.17) is 17.3 Å². The van der Waals surface area contributed by atoms with Crippen molar-refractivity contribution in [3.8, 4) is 0 Å². The van der Waals surface area contributed by atoms with Gasteiger partial charge in [0.2, 0.25) is 0 Å². The smallest absolute Gasteiger partial charge is 0.0737 e. The topological polar surface area (TPSA) is 50.9 Å². The summed E-state index contributed by atoms with van der Waals surface area (Å²) < 4.78 is 0. The lowest BCUT2D eigenvalue weighted by molar-refractivity contribution is 0.529. The Balaban J connectivity index is 1.90. The minimum absolute atomic E-state index is 0.230. The minimum Gasteiger partial charge on any atom is -0.380 e. The number of rotatable bonds is 2. The summed E-state index contributed by atoms with van der Waals surface area (Å²) in [7, 11) is 0. The summed E-state index contributed by atoms with van der Waals surface area (Å²) in [6.07, 6.45) is 7.85. The first kappa shape index (κ1) is 13.7. The molecule has 2 unspecified atom stereocenters. The quantitative estimate of drug-likeness (QED) is 0.823. The van der Waals surface area contributed by atoms with Gasteiger partial charge in [0.05, 0.1) is 5.52 Å². The zero-order valence-corrected chi connectivity index (χ0v) is 12.2. The molecule has 1 aromatic carbocycles. The molecule has 1 saturated carbocycles. The van der Waals surface area contributed by atoms with Crippen LogP contribution in [0.3, 0.4) is 0 Å². The van der Waals surface area contributed by atoms with Crippen molar-refractivity contribution in [2.24, 2.45) is 5.73 Å². The summed E-state index contributed by atoms with van der Waals surface area (Å²) in [5.41, 5.74) is 8.32. The van der Waals surface area contributed by atoms with Gasteiger partial charge in [-0.05, 0) is 37.1 Å². The molecule has 4 heteroatoms. The van der Waals surface area contributed by atoms with Crippen LogP contribution in [0.4, 0.5) is 5.69 Å². The van der Waals surface area contributed by atoms with Crippen LogP contribution in [0, 0.1) is 0 Å². The number of nitrogens with one attached hydrogen (secondary N) is 1. The normalized spacial score (nSPS) is 23.5. The van der Waals surface area contributed by atoms with Gasteiger partial charge in [0.15, 0.2) is 0 Å². The van der Waals surface area contributed by atoms with E-state index in [1.807, 2.05) is 30.5 Å². The predicted molar refractivity (Wildman–Crippen MR) is 85.2 cm³/mol. The molecular weight excluding hydrogens is 270 g/mol. The molecule has 1 aliphatic carbocycles. The molecule has 0 amide bonds. The number of anilines is 1. The third kappa shape index (κ3) is 2.89. The van der Waals surface area contributed by atoms with Gasteiger partial charge in [-0.3, -0.25) is 4.98 Å². The van der Waals surface area contributed by atoms with Crippen LogP contribution in [0.15, 0.2) is 30.5 Å². The van der Waals surface area contributed by atoms with E-state index in [1.165, 1.54) is 19.3 Å². The maximum Gasteiger partial charge on any atom is 0.0737 e. The molecule has 0 saturated heterocycles. The van der Waals surface area contributed by atoms with E-state index in [-0.39, 0.29) is 6.04 Å². The lowest BCUT2D eigenvalue weighted by atomic mass is 10.0. The molecule has 2 atom stereocenters. The average molecular weight is 290 g/mol. The van der Waals surface area contributed by atoms with Crippen molar-refractivity contribution in [3.63, 3.8) is 0 Å². The van der Waals surface area contributed by atoms with Crippen molar-refractivity contribution in [3.05, 3.63) is 35.5 Å². The first-order chi connectivity index (χ1) is 9.74. The molecule has 0 aliphatic heterocycles. The van der Waals surface area contributed by atoms with Gasteiger partial charge in [-0.1, -0.05) is 30.9 Å². The van der Waals surface area contributed by atoms with Gasteiger partial charge in [0.1, 0.15) is 0 Å². The summed E-state index contributed by atoms with van der Waals surface area (Å²) in [6.45, 7) is 0. The van der Waals surface area contributed by atoms with Gasteiger partial charge in [-0.2, -0.15) is 0 Å². The summed E-state index contributed by atoms with van der Waals surface area (Å²) in [5.74, 6) is 0. The second-order valence-electron chi connectivity index (χ2n) is 5.57. The Hall–Kier alpha value is -1.32. The van der Waals surface area contributed by atoms with Crippen LogP contribution >= 0.6 is 11.6 Å². The molecule has 0 bridgehead atoms. The van der Waals surface area contributed by atoms with E-state index in [0.29, 0.717) is 11.1 Å². The van der Waals surface area contributed by atoms with Crippen molar-refractivity contribution < 1.29 is 0 Å². The Bertz CT molecular complexity index is 599. The number of fused-ring (bicyclic) bond motifs is 1. The summed E-state index contributed by atoms with van der Waals surface area (Å²) in [5, 5.41) is 5.45. The van der Waals surface area contributed by atoms with E-state index >= 15 is 0 Å². The lowest BCUT2D eigenvalue weighted by Crippen LogP contribution is -2.39. The van der Waals surface area contributed by atoms with E-state index < -0.39 is 0 Å². The zero-order chi connectivity index (χ0) is 13.9. The van der Waals surface area contributed by atoms with Crippen LogP contribution in [0.25, 0.3) is 10.9 Å². The molecule has 0 spiro atoms. The van der Waals surface area contributed by atoms with Gasteiger partial charge in [0, 0.05) is 34.4 Å². The number of hydrogen-bond acceptors (Lipinski definition) is 3. The number of benzene rings is 1. The van der Waals surface area contributed by atoms with Gasteiger partial charge in [-0.25, -0.2) is 0 Å². The summed E-state index contributed by atoms with van der Waals surface area (Å²) >= 11 is 6.03. The number of halogens is 1. The van der Waals surface area contributed by atoms with Crippen LogP contribution in [-0.2, 0) is 0 Å². The Morgan fingerprint density at radius 1 is 1.15 bits per heavy atom. The maximum absolute atomic E-state index is 6.30. The number of pyridine rings is 1. The average Bonchev–Trinajstić information content (AvgIpc) is 2.64.